The number of carbonyl (C=O) groups excluding carboxylic acids is 2. The van der Waals surface area contributed by atoms with Crippen LogP contribution in [0.1, 0.15) is 57.2 Å². The van der Waals surface area contributed by atoms with Gasteiger partial charge >= 0.3 is 0 Å². The van der Waals surface area contributed by atoms with Gasteiger partial charge in [0, 0.05) is 80.4 Å². The van der Waals surface area contributed by atoms with Crippen LogP contribution in [-0.4, -0.2) is 110 Å². The first-order chi connectivity index (χ1) is 28.8. The van der Waals surface area contributed by atoms with Crippen LogP contribution in [0.2, 0.25) is 5.02 Å². The number of rotatable bonds is 11. The molecule has 60 heavy (non-hydrogen) atoms. The quantitative estimate of drug-likeness (QED) is 0.216. The summed E-state index contributed by atoms with van der Waals surface area (Å²) in [4.78, 5) is 37.7. The van der Waals surface area contributed by atoms with Gasteiger partial charge in [-0.25, -0.2) is 0 Å². The van der Waals surface area contributed by atoms with Crippen molar-refractivity contribution in [1.29, 1.82) is 5.26 Å². The van der Waals surface area contributed by atoms with Crippen LogP contribution in [0.15, 0.2) is 77.9 Å². The Morgan fingerprint density at radius 2 is 1.80 bits per heavy atom. The van der Waals surface area contributed by atoms with Gasteiger partial charge in [0.1, 0.15) is 29.4 Å². The van der Waals surface area contributed by atoms with Gasteiger partial charge in [0.15, 0.2) is 5.96 Å². The number of nitrogens with one attached hydrogen (secondary N) is 3. The topological polar surface area (TPSA) is 135 Å². The van der Waals surface area contributed by atoms with Gasteiger partial charge in [0.25, 0.3) is 0 Å². The molecule has 1 aliphatic carbocycles. The zero-order valence-electron chi connectivity index (χ0n) is 35.3. The Labute approximate surface area is 358 Å². The number of aliphatic imine (C=N–C) groups is 1. The molecule has 4 heterocycles. The molecule has 2 amide bonds. The lowest BCUT2D eigenvalue weighted by atomic mass is 9.49. The van der Waals surface area contributed by atoms with Gasteiger partial charge in [-0.1, -0.05) is 69.6 Å². The molecule has 3 fully saturated rings. The predicted molar refractivity (Wildman–Crippen MR) is 234 cm³/mol. The second kappa shape index (κ2) is 17.1. The molecule has 12 nitrogen and oxygen atoms in total. The number of likely N-dealkylation sites (N-methyl/N-ethyl adjacent to an activating group) is 1. The molecule has 3 N–H and O–H groups in total. The molecule has 3 unspecified atom stereocenters. The summed E-state index contributed by atoms with van der Waals surface area (Å²) in [5.74, 6) is 3.14. The van der Waals surface area contributed by atoms with Gasteiger partial charge in [0.05, 0.1) is 29.1 Å². The minimum absolute atomic E-state index is 0.00620. The van der Waals surface area contributed by atoms with E-state index in [1.807, 2.05) is 37.5 Å². The number of nitrogens with zero attached hydrogens (tertiary/aromatic N) is 5. The average Bonchev–Trinajstić information content (AvgIpc) is 3.75. The molecule has 2 saturated heterocycles. The second-order valence-corrected chi connectivity index (χ2v) is 18.5. The number of nitriles is 1. The van der Waals surface area contributed by atoms with Crippen molar-refractivity contribution in [3.05, 3.63) is 94.6 Å². The number of aryl methyl sites for hydroxylation is 1. The SMILES string of the molecule is CN1C=C(c2ccccc2Oc2cccc(CCCN3CCN(C4=NCC(C(=O)NC5C(C)(C)C(Oc6ccc(C#N)c(Cl)c6)C5(C)C)CN4)CC3)c2)C2CCNC2C1=O. The molecule has 8 rings (SSSR count). The average molecular weight is 833 g/mol. The number of halogens is 1. The highest BCUT2D eigenvalue weighted by Crippen LogP contribution is 2.55. The third kappa shape index (κ3) is 8.32. The van der Waals surface area contributed by atoms with Crippen LogP contribution in [0, 0.1) is 34.0 Å². The fourth-order valence-electron chi connectivity index (χ4n) is 10.3. The van der Waals surface area contributed by atoms with E-state index in [1.54, 1.807) is 23.1 Å². The number of carbonyl (C=O) groups is 2. The van der Waals surface area contributed by atoms with Crippen molar-refractivity contribution < 1.29 is 19.1 Å². The fraction of sp³-hybridized carbons (Fsp3) is 0.489. The van der Waals surface area contributed by atoms with Crippen LogP contribution < -0.4 is 25.4 Å². The summed E-state index contributed by atoms with van der Waals surface area (Å²) >= 11 is 6.27. The number of amides is 2. The van der Waals surface area contributed by atoms with Gasteiger partial charge in [0.2, 0.25) is 11.8 Å². The van der Waals surface area contributed by atoms with Crippen molar-refractivity contribution in [1.82, 2.24) is 30.7 Å². The standard InChI is InChI=1S/C47H57ClN8O4/c1-46(2)43(47(3,4)44(46)60-34-16-15-31(26-49)38(48)25-34)53-41(57)32-27-51-45(52-28-32)56-22-20-55(21-23-56)19-9-11-30-10-8-12-33(24-30)59-39-14-7-6-13-35(39)37-29-54(5)42(58)40-36(37)17-18-50-40/h6-8,10,12-16,24-25,29,32,36,40,43-44,50H,9,11,17-23,27-28H2,1-5H3,(H,51,52)(H,53,57). The molecule has 0 radical (unpaired) electrons. The molecular formula is C47H57ClN8O4. The molecule has 0 bridgehead atoms. The monoisotopic (exact) mass is 832 g/mol. The van der Waals surface area contributed by atoms with Crippen LogP contribution in [0.3, 0.4) is 0 Å². The fourth-order valence-corrected chi connectivity index (χ4v) is 10.5. The van der Waals surface area contributed by atoms with E-state index in [0.717, 1.165) is 87.1 Å². The molecule has 4 aliphatic heterocycles. The molecule has 3 aromatic carbocycles. The van der Waals surface area contributed by atoms with Crippen LogP contribution in [0.25, 0.3) is 5.57 Å². The minimum Gasteiger partial charge on any atom is -0.489 e. The summed E-state index contributed by atoms with van der Waals surface area (Å²) in [6, 6.07) is 23.5. The molecular weight excluding hydrogens is 776 g/mol. The van der Waals surface area contributed by atoms with Gasteiger partial charge in [-0.3, -0.25) is 19.5 Å². The Kier molecular flexibility index (Phi) is 11.9. The van der Waals surface area contributed by atoms with Crippen molar-refractivity contribution in [3.63, 3.8) is 0 Å². The van der Waals surface area contributed by atoms with E-state index in [4.69, 9.17) is 26.1 Å². The van der Waals surface area contributed by atoms with E-state index in [0.29, 0.717) is 29.4 Å². The van der Waals surface area contributed by atoms with Crippen molar-refractivity contribution in [3.8, 4) is 23.3 Å². The first kappa shape index (κ1) is 41.6. The Morgan fingerprint density at radius 3 is 2.53 bits per heavy atom. The molecule has 5 aliphatic rings. The summed E-state index contributed by atoms with van der Waals surface area (Å²) in [7, 11) is 1.83. The number of guanidine groups is 1. The smallest absolute Gasteiger partial charge is 0.244 e. The summed E-state index contributed by atoms with van der Waals surface area (Å²) in [5.41, 5.74) is 3.18. The lowest BCUT2D eigenvalue weighted by Crippen LogP contribution is -2.75. The lowest BCUT2D eigenvalue weighted by Gasteiger charge is -2.63. The Hall–Kier alpha value is -5.09. The van der Waals surface area contributed by atoms with Crippen LogP contribution >= 0.6 is 11.6 Å². The zero-order valence-corrected chi connectivity index (χ0v) is 36.1. The predicted octanol–water partition coefficient (Wildman–Crippen LogP) is 5.92. The molecule has 1 saturated carbocycles. The highest BCUT2D eigenvalue weighted by molar-refractivity contribution is 6.31. The normalized spacial score (nSPS) is 25.8. The molecule has 316 valence electrons. The number of para-hydroxylation sites is 1. The maximum atomic E-state index is 13.6. The Bertz CT molecular complexity index is 2190. The summed E-state index contributed by atoms with van der Waals surface area (Å²) in [5, 5.41) is 19.8. The molecule has 13 heteroatoms. The molecule has 0 spiro atoms. The van der Waals surface area contributed by atoms with Crippen LogP contribution in [-0.2, 0) is 16.0 Å². The van der Waals surface area contributed by atoms with Crippen molar-refractivity contribution in [2.75, 3.05) is 59.4 Å². The van der Waals surface area contributed by atoms with E-state index < -0.39 is 0 Å². The highest BCUT2D eigenvalue weighted by atomic mass is 35.5. The van der Waals surface area contributed by atoms with Gasteiger partial charge < -0.3 is 35.2 Å². The Balaban J connectivity index is 0.780. The summed E-state index contributed by atoms with van der Waals surface area (Å²) in [6.45, 7) is 15.0. The maximum absolute atomic E-state index is 13.6. The van der Waals surface area contributed by atoms with E-state index in [9.17, 15) is 14.9 Å². The maximum Gasteiger partial charge on any atom is 0.244 e. The summed E-state index contributed by atoms with van der Waals surface area (Å²) < 4.78 is 12.9. The summed E-state index contributed by atoms with van der Waals surface area (Å²) in [6.07, 6.45) is 4.75. The highest BCUT2D eigenvalue weighted by Gasteiger charge is 2.64. The first-order valence-electron chi connectivity index (χ1n) is 21.3. The van der Waals surface area contributed by atoms with Gasteiger partial charge in [-0.2, -0.15) is 5.26 Å². The minimum atomic E-state index is -0.325. The Morgan fingerprint density at radius 1 is 1.02 bits per heavy atom. The third-order valence-electron chi connectivity index (χ3n) is 13.3. The second-order valence-electron chi connectivity index (χ2n) is 18.1. The van der Waals surface area contributed by atoms with Crippen molar-refractivity contribution in [2.45, 2.75) is 65.1 Å². The van der Waals surface area contributed by atoms with Crippen molar-refractivity contribution >= 4 is 34.9 Å². The number of ether oxygens (including phenoxy) is 2. The molecule has 0 aromatic heterocycles. The third-order valence-corrected chi connectivity index (χ3v) is 13.6. The van der Waals surface area contributed by atoms with E-state index in [1.165, 1.54) is 5.56 Å². The van der Waals surface area contributed by atoms with Gasteiger partial charge in [-0.15, -0.1) is 0 Å². The zero-order chi connectivity index (χ0) is 42.2. The first-order valence-corrected chi connectivity index (χ1v) is 21.7. The number of hydrogen-bond acceptors (Lipinski definition) is 10. The number of fused-ring (bicyclic) bond motifs is 1. The molecule has 3 atom stereocenters. The van der Waals surface area contributed by atoms with E-state index in [2.05, 4.69) is 83.8 Å². The lowest BCUT2D eigenvalue weighted by molar-refractivity contribution is -0.174. The number of hydrogen-bond donors (Lipinski definition) is 3. The largest absolute Gasteiger partial charge is 0.489 e. The van der Waals surface area contributed by atoms with E-state index in [-0.39, 0.29) is 52.7 Å². The molecule has 3 aromatic rings. The van der Waals surface area contributed by atoms with E-state index >= 15 is 0 Å². The van der Waals surface area contributed by atoms with Crippen LogP contribution in [0.5, 0.6) is 17.2 Å². The number of piperazine rings is 1. The van der Waals surface area contributed by atoms with Gasteiger partial charge in [-0.05, 0) is 73.8 Å². The van der Waals surface area contributed by atoms with Crippen molar-refractivity contribution in [2.24, 2.45) is 27.7 Å². The number of benzene rings is 3. The van der Waals surface area contributed by atoms with Crippen LogP contribution in [0.4, 0.5) is 0 Å².